The molecule has 5 N–H and O–H groups in total. The predicted molar refractivity (Wildman–Crippen MR) is 84.4 cm³/mol. The number of rotatable bonds is 3. The second kappa shape index (κ2) is 5.14. The van der Waals surface area contributed by atoms with Crippen LogP contribution in [0.2, 0.25) is 5.02 Å². The van der Waals surface area contributed by atoms with E-state index in [0.29, 0.717) is 28.9 Å². The highest BCUT2D eigenvalue weighted by Gasteiger charge is 2.15. The lowest BCUT2D eigenvalue weighted by Gasteiger charge is -2.13. The minimum Gasteiger partial charge on any atom is -0.316 e. The van der Waals surface area contributed by atoms with Crippen LogP contribution in [0, 0.1) is 6.92 Å². The zero-order valence-electron chi connectivity index (χ0n) is 11.6. The second-order valence-electron chi connectivity index (χ2n) is 5.14. The van der Waals surface area contributed by atoms with E-state index >= 15 is 0 Å². The molecule has 7 heteroatoms. The van der Waals surface area contributed by atoms with Crippen LogP contribution in [0.3, 0.4) is 0 Å². The summed E-state index contributed by atoms with van der Waals surface area (Å²) in [5.41, 5.74) is 13.3. The molecule has 0 radical (unpaired) electrons. The molecule has 3 rings (SSSR count). The Kier molecular flexibility index (Phi) is 3.44. The molecule has 0 amide bonds. The summed E-state index contributed by atoms with van der Waals surface area (Å²) in [6.07, 6.45) is 0.0560. The molecular weight excluding hydrogens is 290 g/mol. The van der Waals surface area contributed by atoms with Gasteiger partial charge in [0.15, 0.2) is 0 Å². The van der Waals surface area contributed by atoms with Crippen molar-refractivity contribution in [3.05, 3.63) is 39.3 Å². The fourth-order valence-corrected chi connectivity index (χ4v) is 2.74. The molecule has 2 heterocycles. The molecule has 0 atom stereocenters. The number of nitrogens with two attached hydrogens (primary N) is 2. The first-order valence-corrected chi connectivity index (χ1v) is 7.04. The summed E-state index contributed by atoms with van der Waals surface area (Å²) in [5, 5.41) is 9.12. The summed E-state index contributed by atoms with van der Waals surface area (Å²) >= 11 is 6.08. The van der Waals surface area contributed by atoms with Gasteiger partial charge in [-0.2, -0.15) is 5.10 Å². The van der Waals surface area contributed by atoms with Gasteiger partial charge >= 0.3 is 0 Å². The number of nitrogens with zero attached hydrogens (tertiary/aromatic N) is 2. The third-order valence-corrected chi connectivity index (χ3v) is 3.83. The van der Waals surface area contributed by atoms with Crippen LogP contribution in [0.25, 0.3) is 21.8 Å². The van der Waals surface area contributed by atoms with Crippen LogP contribution in [0.5, 0.6) is 0 Å². The van der Waals surface area contributed by atoms with E-state index in [0.717, 1.165) is 16.6 Å². The topological polar surface area (TPSA) is 103 Å². The Labute approximate surface area is 125 Å². The molecule has 2 aromatic heterocycles. The molecule has 0 aliphatic carbocycles. The summed E-state index contributed by atoms with van der Waals surface area (Å²) in [6.45, 7) is 2.28. The van der Waals surface area contributed by atoms with Crippen molar-refractivity contribution in [2.45, 2.75) is 26.1 Å². The third-order valence-electron chi connectivity index (χ3n) is 3.60. The monoisotopic (exact) mass is 305 g/mol. The fraction of sp³-hybridized carbons (Fsp3) is 0.286. The molecule has 0 unspecified atom stereocenters. The van der Waals surface area contributed by atoms with Crippen molar-refractivity contribution in [2.75, 3.05) is 0 Å². The molecule has 6 nitrogen and oxygen atoms in total. The zero-order valence-corrected chi connectivity index (χ0v) is 12.3. The van der Waals surface area contributed by atoms with E-state index in [1.807, 2.05) is 19.1 Å². The van der Waals surface area contributed by atoms with Gasteiger partial charge in [0.2, 0.25) is 0 Å². The number of aromatic amines is 1. The van der Waals surface area contributed by atoms with Gasteiger partial charge in [0.1, 0.15) is 5.52 Å². The Morgan fingerprint density at radius 2 is 2.19 bits per heavy atom. The summed E-state index contributed by atoms with van der Waals surface area (Å²) in [7, 11) is 0. The molecular formula is C14H16ClN5O. The number of aromatic nitrogens is 3. The average Bonchev–Trinajstić information content (AvgIpc) is 2.81. The van der Waals surface area contributed by atoms with Gasteiger partial charge in [-0.1, -0.05) is 11.6 Å². The Bertz CT molecular complexity index is 880. The minimum absolute atomic E-state index is 0.0910. The quantitative estimate of drug-likeness (QED) is 0.638. The van der Waals surface area contributed by atoms with E-state index in [4.69, 9.17) is 23.1 Å². The van der Waals surface area contributed by atoms with Gasteiger partial charge in [0.05, 0.1) is 17.1 Å². The fourth-order valence-electron chi connectivity index (χ4n) is 2.56. The smallest absolute Gasteiger partial charge is 0.262 e. The molecule has 3 aromatic rings. The molecule has 21 heavy (non-hydrogen) atoms. The van der Waals surface area contributed by atoms with E-state index in [9.17, 15) is 4.79 Å². The van der Waals surface area contributed by atoms with Crippen LogP contribution < -0.4 is 17.0 Å². The van der Waals surface area contributed by atoms with Crippen LogP contribution in [0.4, 0.5) is 0 Å². The minimum atomic E-state index is -0.458. The average molecular weight is 306 g/mol. The van der Waals surface area contributed by atoms with E-state index in [2.05, 4.69) is 10.2 Å². The van der Waals surface area contributed by atoms with Crippen LogP contribution in [0.15, 0.2) is 23.0 Å². The number of benzene rings is 1. The van der Waals surface area contributed by atoms with Crippen molar-refractivity contribution in [1.29, 1.82) is 0 Å². The molecule has 0 aliphatic heterocycles. The molecule has 0 spiro atoms. The molecule has 110 valence electrons. The first-order valence-electron chi connectivity index (χ1n) is 6.67. The van der Waals surface area contributed by atoms with E-state index in [1.165, 1.54) is 0 Å². The molecule has 0 saturated heterocycles. The largest absolute Gasteiger partial charge is 0.316 e. The highest BCUT2D eigenvalue weighted by atomic mass is 35.5. The lowest BCUT2D eigenvalue weighted by molar-refractivity contribution is 0.557. The Morgan fingerprint density at radius 1 is 1.43 bits per heavy atom. The standard InChI is InChI=1S/C14H16ClN5O/c1-7-12-13(19-18-7)9-6-8(15)2-3-10(9)20(14(12)21)5-4-11(16)17/h2-3,6,11H,4-5,16-17H2,1H3,(H,18,19). The first-order chi connectivity index (χ1) is 9.99. The molecule has 0 aliphatic rings. The van der Waals surface area contributed by atoms with Crippen molar-refractivity contribution in [1.82, 2.24) is 14.8 Å². The third kappa shape index (κ3) is 2.31. The Hall–Kier alpha value is -1.89. The first kappa shape index (κ1) is 14.1. The van der Waals surface area contributed by atoms with Crippen molar-refractivity contribution >= 4 is 33.4 Å². The molecule has 1 aromatic carbocycles. The lowest BCUT2D eigenvalue weighted by Crippen LogP contribution is -2.33. The predicted octanol–water partition coefficient (Wildman–Crippen LogP) is 1.47. The molecule has 0 fully saturated rings. The van der Waals surface area contributed by atoms with Crippen LogP contribution in [0.1, 0.15) is 12.1 Å². The highest BCUT2D eigenvalue weighted by molar-refractivity contribution is 6.31. The number of H-pyrrole nitrogens is 1. The summed E-state index contributed by atoms with van der Waals surface area (Å²) in [6, 6.07) is 5.40. The number of aryl methyl sites for hydroxylation is 2. The van der Waals surface area contributed by atoms with Gasteiger partial charge in [-0.15, -0.1) is 0 Å². The summed E-state index contributed by atoms with van der Waals surface area (Å²) in [4.78, 5) is 12.7. The maximum atomic E-state index is 12.7. The second-order valence-corrected chi connectivity index (χ2v) is 5.58. The summed E-state index contributed by atoms with van der Waals surface area (Å²) in [5.74, 6) is 0. The van der Waals surface area contributed by atoms with Crippen LogP contribution in [-0.2, 0) is 6.54 Å². The van der Waals surface area contributed by atoms with Gasteiger partial charge < -0.3 is 16.0 Å². The van der Waals surface area contributed by atoms with Gasteiger partial charge in [-0.3, -0.25) is 9.89 Å². The summed E-state index contributed by atoms with van der Waals surface area (Å²) < 4.78 is 1.68. The van der Waals surface area contributed by atoms with Crippen LogP contribution >= 0.6 is 11.6 Å². The molecule has 0 bridgehead atoms. The van der Waals surface area contributed by atoms with Gasteiger partial charge in [-0.05, 0) is 31.5 Å². The Balaban J connectivity index is 2.39. The number of nitrogens with one attached hydrogen (secondary N) is 1. The number of hydrogen-bond acceptors (Lipinski definition) is 4. The van der Waals surface area contributed by atoms with Crippen molar-refractivity contribution in [2.24, 2.45) is 11.5 Å². The van der Waals surface area contributed by atoms with E-state index < -0.39 is 6.17 Å². The maximum Gasteiger partial charge on any atom is 0.262 e. The Morgan fingerprint density at radius 3 is 2.90 bits per heavy atom. The van der Waals surface area contributed by atoms with E-state index in [-0.39, 0.29) is 5.56 Å². The van der Waals surface area contributed by atoms with Crippen molar-refractivity contribution in [3.8, 4) is 0 Å². The maximum absolute atomic E-state index is 12.7. The highest BCUT2D eigenvalue weighted by Crippen LogP contribution is 2.25. The van der Waals surface area contributed by atoms with Crippen LogP contribution in [-0.4, -0.2) is 20.9 Å². The molecule has 0 saturated carbocycles. The van der Waals surface area contributed by atoms with Gasteiger partial charge in [0.25, 0.3) is 5.56 Å². The van der Waals surface area contributed by atoms with Gasteiger partial charge in [-0.25, -0.2) is 0 Å². The van der Waals surface area contributed by atoms with Crippen molar-refractivity contribution in [3.63, 3.8) is 0 Å². The number of hydrogen-bond donors (Lipinski definition) is 3. The SMILES string of the molecule is Cc1[nH]nc2c1c(=O)n(CCC(N)N)c1ccc(Cl)cc21. The normalized spacial score (nSPS) is 11.9. The number of fused-ring (bicyclic) bond motifs is 3. The number of pyridine rings is 1. The lowest BCUT2D eigenvalue weighted by atomic mass is 10.1. The van der Waals surface area contributed by atoms with Gasteiger partial charge in [0, 0.05) is 22.6 Å². The zero-order chi connectivity index (χ0) is 15.1. The van der Waals surface area contributed by atoms with Crippen molar-refractivity contribution < 1.29 is 0 Å². The number of halogens is 1. The van der Waals surface area contributed by atoms with E-state index in [1.54, 1.807) is 10.6 Å².